The highest BCUT2D eigenvalue weighted by atomic mass is 16.4. The molecule has 2 rings (SSSR count). The number of rotatable bonds is 3. The lowest BCUT2D eigenvalue weighted by molar-refractivity contribution is 0.0660. The lowest BCUT2D eigenvalue weighted by Gasteiger charge is -2.03. The van der Waals surface area contributed by atoms with Crippen molar-refractivity contribution in [3.8, 4) is 0 Å². The molecule has 2 aromatic rings. The summed E-state index contributed by atoms with van der Waals surface area (Å²) in [6.07, 6.45) is 0. The molecule has 7 heteroatoms. The number of carboxylic acids is 1. The minimum Gasteiger partial charge on any atom is -0.475 e. The average molecular weight is 261 g/mol. The van der Waals surface area contributed by atoms with Gasteiger partial charge in [0.15, 0.2) is 5.76 Å². The van der Waals surface area contributed by atoms with E-state index in [4.69, 9.17) is 9.52 Å². The molecule has 19 heavy (non-hydrogen) atoms. The van der Waals surface area contributed by atoms with Gasteiger partial charge in [-0.25, -0.2) is 14.8 Å². The van der Waals surface area contributed by atoms with Crippen molar-refractivity contribution in [1.29, 1.82) is 0 Å². The first-order chi connectivity index (χ1) is 8.95. The van der Waals surface area contributed by atoms with Crippen LogP contribution < -0.4 is 5.32 Å². The van der Waals surface area contributed by atoms with Gasteiger partial charge in [-0.15, -0.1) is 0 Å². The lowest BCUT2D eigenvalue weighted by Crippen LogP contribution is -2.14. The zero-order chi connectivity index (χ0) is 14.0. The van der Waals surface area contributed by atoms with Gasteiger partial charge >= 0.3 is 5.97 Å². The van der Waals surface area contributed by atoms with Gasteiger partial charge in [0.2, 0.25) is 11.7 Å². The topological polar surface area (TPSA) is 105 Å². The molecule has 2 heterocycles. The van der Waals surface area contributed by atoms with Gasteiger partial charge in [-0.2, -0.15) is 0 Å². The molecule has 7 nitrogen and oxygen atoms in total. The number of furan rings is 1. The Morgan fingerprint density at radius 3 is 2.26 bits per heavy atom. The van der Waals surface area contributed by atoms with Crippen LogP contribution in [0.1, 0.15) is 32.5 Å². The number of carbonyl (C=O) groups excluding carboxylic acids is 1. The summed E-state index contributed by atoms with van der Waals surface area (Å²) in [5.41, 5.74) is 1.43. The van der Waals surface area contributed by atoms with Crippen LogP contribution in [-0.4, -0.2) is 27.0 Å². The molecule has 2 N–H and O–H groups in total. The molecule has 0 bridgehead atoms. The fraction of sp³-hybridized carbons (Fsp3) is 0.167. The van der Waals surface area contributed by atoms with E-state index in [1.54, 1.807) is 19.9 Å². The third-order valence-corrected chi connectivity index (χ3v) is 2.25. The Balaban J connectivity index is 2.18. The van der Waals surface area contributed by atoms with E-state index in [9.17, 15) is 9.59 Å². The molecular formula is C12H11N3O4. The van der Waals surface area contributed by atoms with Gasteiger partial charge < -0.3 is 9.52 Å². The second-order valence-electron chi connectivity index (χ2n) is 3.90. The molecule has 0 atom stereocenters. The molecule has 2 aromatic heterocycles. The van der Waals surface area contributed by atoms with Gasteiger partial charge in [-0.05, 0) is 32.0 Å². The zero-order valence-electron chi connectivity index (χ0n) is 10.3. The van der Waals surface area contributed by atoms with Gasteiger partial charge in [0.25, 0.3) is 5.91 Å². The Kier molecular flexibility index (Phi) is 3.28. The van der Waals surface area contributed by atoms with Gasteiger partial charge in [-0.1, -0.05) is 0 Å². The Labute approximate surface area is 108 Å². The molecule has 0 saturated carbocycles. The minimum absolute atomic E-state index is 0.111. The zero-order valence-corrected chi connectivity index (χ0v) is 10.3. The molecule has 0 saturated heterocycles. The van der Waals surface area contributed by atoms with Crippen LogP contribution in [-0.2, 0) is 0 Å². The summed E-state index contributed by atoms with van der Waals surface area (Å²) < 4.78 is 4.87. The third-order valence-electron chi connectivity index (χ3n) is 2.25. The highest BCUT2D eigenvalue weighted by molar-refractivity contribution is 6.01. The maximum absolute atomic E-state index is 11.8. The minimum atomic E-state index is -1.23. The largest absolute Gasteiger partial charge is 0.475 e. The normalized spacial score (nSPS) is 10.2. The van der Waals surface area contributed by atoms with Gasteiger partial charge in [0.05, 0.1) is 0 Å². The number of aromatic carboxylic acids is 1. The van der Waals surface area contributed by atoms with Crippen molar-refractivity contribution in [2.45, 2.75) is 13.8 Å². The maximum atomic E-state index is 11.8. The monoisotopic (exact) mass is 261 g/mol. The molecule has 0 aromatic carbocycles. The molecule has 0 fully saturated rings. The number of amides is 1. The van der Waals surface area contributed by atoms with E-state index in [1.165, 1.54) is 12.1 Å². The van der Waals surface area contributed by atoms with E-state index in [-0.39, 0.29) is 17.5 Å². The van der Waals surface area contributed by atoms with E-state index in [0.29, 0.717) is 11.4 Å². The number of hydrogen-bond acceptors (Lipinski definition) is 5. The fourth-order valence-electron chi connectivity index (χ4n) is 1.52. The predicted octanol–water partition coefficient (Wildman–Crippen LogP) is 1.64. The fourth-order valence-corrected chi connectivity index (χ4v) is 1.52. The van der Waals surface area contributed by atoms with Crippen LogP contribution in [0.5, 0.6) is 0 Å². The number of aryl methyl sites for hydroxylation is 2. The molecule has 1 amide bonds. The Morgan fingerprint density at radius 1 is 1.16 bits per heavy atom. The molecule has 0 aliphatic rings. The quantitative estimate of drug-likeness (QED) is 0.870. The highest BCUT2D eigenvalue weighted by Crippen LogP contribution is 2.10. The van der Waals surface area contributed by atoms with Crippen molar-refractivity contribution in [3.63, 3.8) is 0 Å². The molecule has 0 radical (unpaired) electrons. The molecule has 98 valence electrons. The van der Waals surface area contributed by atoms with Crippen molar-refractivity contribution >= 4 is 17.8 Å². The lowest BCUT2D eigenvalue weighted by atomic mass is 10.3. The first-order valence-corrected chi connectivity index (χ1v) is 5.42. The number of hydrogen-bond donors (Lipinski definition) is 2. The molecule has 0 aliphatic carbocycles. The summed E-state index contributed by atoms with van der Waals surface area (Å²) in [5.74, 6) is -2.10. The number of carboxylic acid groups (broad SMARTS) is 1. The average Bonchev–Trinajstić information content (AvgIpc) is 2.76. The van der Waals surface area contributed by atoms with E-state index >= 15 is 0 Å². The van der Waals surface area contributed by atoms with Crippen molar-refractivity contribution < 1.29 is 19.1 Å². The van der Waals surface area contributed by atoms with Gasteiger partial charge in [-0.3, -0.25) is 10.1 Å². The van der Waals surface area contributed by atoms with Crippen LogP contribution in [0.4, 0.5) is 5.95 Å². The van der Waals surface area contributed by atoms with Crippen molar-refractivity contribution in [1.82, 2.24) is 9.97 Å². The molecule has 0 aliphatic heterocycles. The van der Waals surface area contributed by atoms with Crippen molar-refractivity contribution in [2.24, 2.45) is 0 Å². The number of carbonyl (C=O) groups is 2. The predicted molar refractivity (Wildman–Crippen MR) is 65.1 cm³/mol. The van der Waals surface area contributed by atoms with Crippen LogP contribution >= 0.6 is 0 Å². The Morgan fingerprint density at radius 2 is 1.74 bits per heavy atom. The van der Waals surface area contributed by atoms with E-state index < -0.39 is 11.9 Å². The number of nitrogens with one attached hydrogen (secondary N) is 1. The Bertz CT molecular complexity index is 628. The summed E-state index contributed by atoms with van der Waals surface area (Å²) in [4.78, 5) is 30.5. The van der Waals surface area contributed by atoms with Crippen LogP contribution in [0, 0.1) is 13.8 Å². The summed E-state index contributed by atoms with van der Waals surface area (Å²) in [5, 5.41) is 11.1. The van der Waals surface area contributed by atoms with Gasteiger partial charge in [0.1, 0.15) is 0 Å². The standard InChI is InChI=1S/C12H11N3O4/c1-6-5-7(2)14-12(13-6)15-10(16)8-3-4-9(19-8)11(17)18/h3-5H,1-2H3,(H,17,18)(H,13,14,15,16). The number of nitrogens with zero attached hydrogens (tertiary/aromatic N) is 2. The summed E-state index contributed by atoms with van der Waals surface area (Å²) in [6.45, 7) is 3.56. The number of aromatic nitrogens is 2. The van der Waals surface area contributed by atoms with Gasteiger partial charge in [0, 0.05) is 11.4 Å². The van der Waals surface area contributed by atoms with E-state index in [2.05, 4.69) is 15.3 Å². The van der Waals surface area contributed by atoms with E-state index in [1.807, 2.05) is 0 Å². The van der Waals surface area contributed by atoms with Crippen LogP contribution in [0.3, 0.4) is 0 Å². The highest BCUT2D eigenvalue weighted by Gasteiger charge is 2.16. The maximum Gasteiger partial charge on any atom is 0.371 e. The molecular weight excluding hydrogens is 250 g/mol. The molecule has 0 spiro atoms. The van der Waals surface area contributed by atoms with Crippen LogP contribution in [0.15, 0.2) is 22.6 Å². The van der Waals surface area contributed by atoms with Crippen LogP contribution in [0.2, 0.25) is 0 Å². The Hall–Kier alpha value is -2.70. The smallest absolute Gasteiger partial charge is 0.371 e. The first kappa shape index (κ1) is 12.7. The van der Waals surface area contributed by atoms with Crippen molar-refractivity contribution in [3.05, 3.63) is 41.1 Å². The summed E-state index contributed by atoms with van der Waals surface area (Å²) in [6, 6.07) is 4.26. The summed E-state index contributed by atoms with van der Waals surface area (Å²) in [7, 11) is 0. The SMILES string of the molecule is Cc1cc(C)nc(NC(=O)c2ccc(C(=O)O)o2)n1. The number of anilines is 1. The summed E-state index contributed by atoms with van der Waals surface area (Å²) >= 11 is 0. The van der Waals surface area contributed by atoms with Crippen LogP contribution in [0.25, 0.3) is 0 Å². The van der Waals surface area contributed by atoms with Crippen molar-refractivity contribution in [2.75, 3.05) is 5.32 Å². The molecule has 0 unspecified atom stereocenters. The second kappa shape index (κ2) is 4.89. The second-order valence-corrected chi connectivity index (χ2v) is 3.90. The van der Waals surface area contributed by atoms with E-state index in [0.717, 1.165) is 0 Å². The first-order valence-electron chi connectivity index (χ1n) is 5.42. The third kappa shape index (κ3) is 2.95.